The van der Waals surface area contributed by atoms with Crippen LogP contribution in [0.2, 0.25) is 0 Å². The lowest BCUT2D eigenvalue weighted by atomic mass is 10.1. The maximum absolute atomic E-state index is 13.5. The third-order valence-electron chi connectivity index (χ3n) is 3.14. The molecule has 5 heteroatoms. The Balaban J connectivity index is 2.12. The number of amides is 1. The van der Waals surface area contributed by atoms with Crippen LogP contribution in [0.5, 0.6) is 5.75 Å². The van der Waals surface area contributed by atoms with E-state index in [1.54, 1.807) is 38.3 Å². The van der Waals surface area contributed by atoms with Gasteiger partial charge in [0.05, 0.1) is 18.7 Å². The molecule has 1 atom stereocenters. The van der Waals surface area contributed by atoms with E-state index in [4.69, 9.17) is 4.74 Å². The second-order valence-corrected chi connectivity index (χ2v) is 4.59. The van der Waals surface area contributed by atoms with Gasteiger partial charge in [0.25, 0.3) is 5.91 Å². The summed E-state index contributed by atoms with van der Waals surface area (Å²) in [5.74, 6) is -1.36. The molecule has 0 aliphatic carbocycles. The number of carbonyl (C=O) groups is 1. The van der Waals surface area contributed by atoms with Gasteiger partial charge >= 0.3 is 0 Å². The molecule has 0 aliphatic heterocycles. The quantitative estimate of drug-likeness (QED) is 0.936. The van der Waals surface area contributed by atoms with Crippen molar-refractivity contribution in [3.63, 3.8) is 0 Å². The van der Waals surface area contributed by atoms with E-state index >= 15 is 0 Å². The summed E-state index contributed by atoms with van der Waals surface area (Å²) in [6.07, 6.45) is 0. The van der Waals surface area contributed by atoms with Crippen LogP contribution in [0.1, 0.15) is 28.9 Å². The predicted octanol–water partition coefficient (Wildman–Crippen LogP) is 3.46. The maximum atomic E-state index is 13.5. The molecule has 0 saturated heterocycles. The fourth-order valence-electron chi connectivity index (χ4n) is 1.92. The standard InChI is InChI=1S/C16H15F2NO2/c1-10(11-3-6-13(21-2)7-4-11)19-16(20)14-9-12(17)5-8-15(14)18/h3-10H,1-2H3,(H,19,20)/t10-/m0/s1. The van der Waals surface area contributed by atoms with Crippen molar-refractivity contribution in [3.05, 3.63) is 65.2 Å². The zero-order valence-electron chi connectivity index (χ0n) is 11.7. The summed E-state index contributed by atoms with van der Waals surface area (Å²) in [4.78, 5) is 12.0. The lowest BCUT2D eigenvalue weighted by Crippen LogP contribution is -2.27. The molecule has 0 bridgehead atoms. The van der Waals surface area contributed by atoms with Gasteiger partial charge in [-0.15, -0.1) is 0 Å². The second kappa shape index (κ2) is 6.35. The SMILES string of the molecule is COc1ccc([C@H](C)NC(=O)c2cc(F)ccc2F)cc1. The minimum atomic E-state index is -0.754. The molecule has 0 spiro atoms. The predicted molar refractivity (Wildman–Crippen MR) is 75.2 cm³/mol. The highest BCUT2D eigenvalue weighted by Crippen LogP contribution is 2.18. The summed E-state index contributed by atoms with van der Waals surface area (Å²) in [6.45, 7) is 1.76. The summed E-state index contributed by atoms with van der Waals surface area (Å²) in [5, 5.41) is 2.63. The van der Waals surface area contributed by atoms with Crippen LogP contribution in [0.15, 0.2) is 42.5 Å². The Kier molecular flexibility index (Phi) is 4.52. The van der Waals surface area contributed by atoms with Gasteiger partial charge in [-0.05, 0) is 42.8 Å². The summed E-state index contributed by atoms with van der Waals surface area (Å²) < 4.78 is 31.7. The second-order valence-electron chi connectivity index (χ2n) is 4.59. The van der Waals surface area contributed by atoms with E-state index < -0.39 is 17.5 Å². The van der Waals surface area contributed by atoms with Gasteiger partial charge in [-0.3, -0.25) is 4.79 Å². The number of methoxy groups -OCH3 is 1. The fourth-order valence-corrected chi connectivity index (χ4v) is 1.92. The average Bonchev–Trinajstić information content (AvgIpc) is 2.49. The van der Waals surface area contributed by atoms with Crippen molar-refractivity contribution in [1.82, 2.24) is 5.32 Å². The molecule has 0 unspecified atom stereocenters. The van der Waals surface area contributed by atoms with E-state index in [2.05, 4.69) is 5.32 Å². The van der Waals surface area contributed by atoms with E-state index in [-0.39, 0.29) is 11.6 Å². The van der Waals surface area contributed by atoms with E-state index in [0.717, 1.165) is 23.8 Å². The van der Waals surface area contributed by atoms with E-state index in [9.17, 15) is 13.6 Å². The van der Waals surface area contributed by atoms with Crippen molar-refractivity contribution in [3.8, 4) is 5.75 Å². The number of ether oxygens (including phenoxy) is 1. The molecule has 0 radical (unpaired) electrons. The molecule has 0 aliphatic rings. The zero-order chi connectivity index (χ0) is 15.4. The summed E-state index contributed by atoms with van der Waals surface area (Å²) >= 11 is 0. The van der Waals surface area contributed by atoms with Crippen molar-refractivity contribution in [2.45, 2.75) is 13.0 Å². The molecule has 21 heavy (non-hydrogen) atoms. The highest BCUT2D eigenvalue weighted by Gasteiger charge is 2.16. The molecule has 1 N–H and O–H groups in total. The Bertz CT molecular complexity index is 641. The fraction of sp³-hybridized carbons (Fsp3) is 0.188. The van der Waals surface area contributed by atoms with Crippen LogP contribution in [0, 0.1) is 11.6 Å². The van der Waals surface area contributed by atoms with E-state index in [1.165, 1.54) is 0 Å². The minimum absolute atomic E-state index is 0.310. The molecule has 0 aromatic heterocycles. The molecule has 1 amide bonds. The molecule has 0 heterocycles. The third kappa shape index (κ3) is 3.56. The summed E-state index contributed by atoms with van der Waals surface area (Å²) in [6, 6.07) is 9.57. The Morgan fingerprint density at radius 2 is 1.81 bits per heavy atom. The van der Waals surface area contributed by atoms with Crippen molar-refractivity contribution in [2.75, 3.05) is 7.11 Å². The van der Waals surface area contributed by atoms with Gasteiger partial charge in [-0.2, -0.15) is 0 Å². The smallest absolute Gasteiger partial charge is 0.254 e. The Labute approximate surface area is 121 Å². The first-order chi connectivity index (χ1) is 10.0. The molecule has 0 saturated carbocycles. The van der Waals surface area contributed by atoms with Crippen molar-refractivity contribution < 1.29 is 18.3 Å². The number of rotatable bonds is 4. The van der Waals surface area contributed by atoms with Crippen LogP contribution in [-0.4, -0.2) is 13.0 Å². The zero-order valence-corrected chi connectivity index (χ0v) is 11.7. The van der Waals surface area contributed by atoms with Crippen LogP contribution in [0.25, 0.3) is 0 Å². The molecule has 3 nitrogen and oxygen atoms in total. The van der Waals surface area contributed by atoms with Crippen LogP contribution in [0.3, 0.4) is 0 Å². The highest BCUT2D eigenvalue weighted by atomic mass is 19.1. The van der Waals surface area contributed by atoms with Gasteiger partial charge in [-0.25, -0.2) is 8.78 Å². The molecular weight excluding hydrogens is 276 g/mol. The van der Waals surface area contributed by atoms with Crippen LogP contribution in [0.4, 0.5) is 8.78 Å². The van der Waals surface area contributed by atoms with Crippen molar-refractivity contribution in [1.29, 1.82) is 0 Å². The number of carbonyl (C=O) groups excluding carboxylic acids is 1. The number of hydrogen-bond acceptors (Lipinski definition) is 2. The highest BCUT2D eigenvalue weighted by molar-refractivity contribution is 5.94. The van der Waals surface area contributed by atoms with Gasteiger partial charge in [0.1, 0.15) is 17.4 Å². The number of halogens is 2. The Hall–Kier alpha value is -2.43. The third-order valence-corrected chi connectivity index (χ3v) is 3.14. The van der Waals surface area contributed by atoms with Gasteiger partial charge in [0, 0.05) is 0 Å². The minimum Gasteiger partial charge on any atom is -0.497 e. The van der Waals surface area contributed by atoms with E-state index in [1.807, 2.05) is 0 Å². The maximum Gasteiger partial charge on any atom is 0.254 e. The van der Waals surface area contributed by atoms with Gasteiger partial charge in [0.2, 0.25) is 0 Å². The average molecular weight is 291 g/mol. The molecule has 2 aromatic carbocycles. The topological polar surface area (TPSA) is 38.3 Å². The number of hydrogen-bond donors (Lipinski definition) is 1. The van der Waals surface area contributed by atoms with E-state index in [0.29, 0.717) is 5.75 Å². The first-order valence-electron chi connectivity index (χ1n) is 6.41. The molecule has 2 aromatic rings. The first-order valence-corrected chi connectivity index (χ1v) is 6.41. The van der Waals surface area contributed by atoms with Gasteiger partial charge < -0.3 is 10.1 Å². The number of benzene rings is 2. The Morgan fingerprint density at radius 1 is 1.14 bits per heavy atom. The molecule has 0 fully saturated rings. The monoisotopic (exact) mass is 291 g/mol. The molecule has 2 rings (SSSR count). The molecule has 110 valence electrons. The van der Waals surface area contributed by atoms with Crippen LogP contribution < -0.4 is 10.1 Å². The van der Waals surface area contributed by atoms with Crippen LogP contribution >= 0.6 is 0 Å². The van der Waals surface area contributed by atoms with Gasteiger partial charge in [-0.1, -0.05) is 12.1 Å². The lowest BCUT2D eigenvalue weighted by molar-refractivity contribution is 0.0935. The normalized spacial score (nSPS) is 11.8. The summed E-state index contributed by atoms with van der Waals surface area (Å²) in [7, 11) is 1.56. The van der Waals surface area contributed by atoms with Crippen molar-refractivity contribution >= 4 is 5.91 Å². The lowest BCUT2D eigenvalue weighted by Gasteiger charge is -2.15. The number of nitrogens with one attached hydrogen (secondary N) is 1. The van der Waals surface area contributed by atoms with Crippen LogP contribution in [-0.2, 0) is 0 Å². The summed E-state index contributed by atoms with van der Waals surface area (Å²) in [5.41, 5.74) is 0.524. The Morgan fingerprint density at radius 3 is 2.43 bits per heavy atom. The van der Waals surface area contributed by atoms with Crippen molar-refractivity contribution in [2.24, 2.45) is 0 Å². The van der Waals surface area contributed by atoms with Gasteiger partial charge in [0.15, 0.2) is 0 Å². The molecular formula is C16H15F2NO2. The largest absolute Gasteiger partial charge is 0.497 e. The first kappa shape index (κ1) is 15.0.